The van der Waals surface area contributed by atoms with Crippen LogP contribution in [0.25, 0.3) is 0 Å². The lowest BCUT2D eigenvalue weighted by molar-refractivity contribution is -0.145. The molecule has 1 heterocycles. The lowest BCUT2D eigenvalue weighted by Gasteiger charge is -2.34. The Morgan fingerprint density at radius 2 is 2.00 bits per heavy atom. The summed E-state index contributed by atoms with van der Waals surface area (Å²) < 4.78 is 16.2. The van der Waals surface area contributed by atoms with Gasteiger partial charge in [0.15, 0.2) is 11.5 Å². The fraction of sp³-hybridized carbons (Fsp3) is 0.533. The molecular weight excluding hydrogens is 260 g/mol. The lowest BCUT2D eigenvalue weighted by atomic mass is 9.69. The number of aliphatic carboxylic acids is 1. The summed E-state index contributed by atoms with van der Waals surface area (Å²) >= 11 is 0. The average molecular weight is 278 g/mol. The molecular formula is C15H18O5. The summed E-state index contributed by atoms with van der Waals surface area (Å²) in [5, 5.41) is 9.78. The highest BCUT2D eigenvalue weighted by molar-refractivity contribution is 5.83. The molecule has 0 radical (unpaired) electrons. The standard InChI is InChI=1S/C15H18O5/c1-18-12-10(5-6-11-13(12)20-9-19-11)15(14(16)17)7-3-2-4-8-15/h5-6H,2-4,7-9H2,1H3,(H,16,17). The van der Waals surface area contributed by atoms with Gasteiger partial charge >= 0.3 is 5.97 Å². The van der Waals surface area contributed by atoms with Crippen LogP contribution < -0.4 is 14.2 Å². The summed E-state index contributed by atoms with van der Waals surface area (Å²) in [6, 6.07) is 3.59. The number of ether oxygens (including phenoxy) is 3. The smallest absolute Gasteiger partial charge is 0.314 e. The van der Waals surface area contributed by atoms with Gasteiger partial charge < -0.3 is 19.3 Å². The molecule has 0 saturated heterocycles. The van der Waals surface area contributed by atoms with Crippen LogP contribution in [0.2, 0.25) is 0 Å². The number of hydrogen-bond donors (Lipinski definition) is 1. The average Bonchev–Trinajstić information content (AvgIpc) is 2.95. The fourth-order valence-corrected chi connectivity index (χ4v) is 3.28. The Morgan fingerprint density at radius 1 is 1.25 bits per heavy atom. The largest absolute Gasteiger partial charge is 0.492 e. The van der Waals surface area contributed by atoms with Crippen molar-refractivity contribution in [2.75, 3.05) is 13.9 Å². The van der Waals surface area contributed by atoms with Crippen LogP contribution in [-0.4, -0.2) is 25.0 Å². The molecule has 108 valence electrons. The van der Waals surface area contributed by atoms with Crippen molar-refractivity contribution in [1.82, 2.24) is 0 Å². The maximum Gasteiger partial charge on any atom is 0.314 e. The molecule has 1 saturated carbocycles. The third-order valence-electron chi connectivity index (χ3n) is 4.33. The van der Waals surface area contributed by atoms with Crippen molar-refractivity contribution < 1.29 is 24.1 Å². The van der Waals surface area contributed by atoms with Gasteiger partial charge in [0.25, 0.3) is 0 Å². The van der Waals surface area contributed by atoms with Crippen LogP contribution >= 0.6 is 0 Å². The summed E-state index contributed by atoms with van der Waals surface area (Å²) in [6.45, 7) is 0.148. The molecule has 1 aromatic carbocycles. The van der Waals surface area contributed by atoms with Crippen LogP contribution in [0.5, 0.6) is 17.2 Å². The Hall–Kier alpha value is -1.91. The number of fused-ring (bicyclic) bond motifs is 1. The molecule has 0 aromatic heterocycles. The summed E-state index contributed by atoms with van der Waals surface area (Å²) in [7, 11) is 1.54. The predicted octanol–water partition coefficient (Wildman–Crippen LogP) is 2.71. The summed E-state index contributed by atoms with van der Waals surface area (Å²) in [5.74, 6) is 0.858. The second-order valence-corrected chi connectivity index (χ2v) is 5.33. The van der Waals surface area contributed by atoms with Crippen molar-refractivity contribution in [2.45, 2.75) is 37.5 Å². The number of carboxylic acid groups (broad SMARTS) is 1. The van der Waals surface area contributed by atoms with Crippen LogP contribution in [0, 0.1) is 0 Å². The van der Waals surface area contributed by atoms with Crippen LogP contribution in [0.15, 0.2) is 12.1 Å². The molecule has 0 bridgehead atoms. The first-order chi connectivity index (χ1) is 9.69. The monoisotopic (exact) mass is 278 g/mol. The third-order valence-corrected chi connectivity index (χ3v) is 4.33. The van der Waals surface area contributed by atoms with Crippen molar-refractivity contribution in [1.29, 1.82) is 0 Å². The lowest BCUT2D eigenvalue weighted by Crippen LogP contribution is -2.38. The van der Waals surface area contributed by atoms with Gasteiger partial charge in [0, 0.05) is 5.56 Å². The van der Waals surface area contributed by atoms with E-state index in [0.717, 1.165) is 19.3 Å². The van der Waals surface area contributed by atoms with E-state index in [1.54, 1.807) is 13.2 Å². The highest BCUT2D eigenvalue weighted by Crippen LogP contribution is 2.50. The minimum absolute atomic E-state index is 0.148. The van der Waals surface area contributed by atoms with Gasteiger partial charge in [-0.1, -0.05) is 25.3 Å². The first-order valence-electron chi connectivity index (χ1n) is 6.89. The van der Waals surface area contributed by atoms with Gasteiger partial charge in [-0.05, 0) is 18.9 Å². The molecule has 2 aliphatic rings. The van der Waals surface area contributed by atoms with E-state index in [2.05, 4.69) is 0 Å². The molecule has 1 aliphatic carbocycles. The number of rotatable bonds is 3. The fourth-order valence-electron chi connectivity index (χ4n) is 3.28. The summed E-state index contributed by atoms with van der Waals surface area (Å²) in [4.78, 5) is 11.9. The zero-order valence-corrected chi connectivity index (χ0v) is 11.5. The Morgan fingerprint density at radius 3 is 2.65 bits per heavy atom. The van der Waals surface area contributed by atoms with Gasteiger partial charge in [-0.3, -0.25) is 4.79 Å². The van der Waals surface area contributed by atoms with Gasteiger partial charge in [0.2, 0.25) is 12.5 Å². The van der Waals surface area contributed by atoms with Crippen molar-refractivity contribution in [3.63, 3.8) is 0 Å². The highest BCUT2D eigenvalue weighted by atomic mass is 16.7. The maximum absolute atomic E-state index is 11.9. The van der Waals surface area contributed by atoms with Crippen molar-refractivity contribution in [3.05, 3.63) is 17.7 Å². The second-order valence-electron chi connectivity index (χ2n) is 5.33. The van der Waals surface area contributed by atoms with Gasteiger partial charge in [-0.15, -0.1) is 0 Å². The Labute approximate surface area is 117 Å². The molecule has 1 aliphatic heterocycles. The van der Waals surface area contributed by atoms with E-state index >= 15 is 0 Å². The number of hydrogen-bond acceptors (Lipinski definition) is 4. The zero-order valence-electron chi connectivity index (χ0n) is 11.5. The van der Waals surface area contributed by atoms with E-state index in [0.29, 0.717) is 35.7 Å². The third kappa shape index (κ3) is 1.80. The Bertz CT molecular complexity index is 531. The molecule has 0 unspecified atom stereocenters. The molecule has 5 nitrogen and oxygen atoms in total. The topological polar surface area (TPSA) is 65.0 Å². The maximum atomic E-state index is 11.9. The Kier molecular flexibility index (Phi) is 3.20. The minimum atomic E-state index is -0.870. The first kappa shape index (κ1) is 13.1. The predicted molar refractivity (Wildman–Crippen MR) is 71.5 cm³/mol. The molecule has 20 heavy (non-hydrogen) atoms. The summed E-state index contributed by atoms with van der Waals surface area (Å²) in [5.41, 5.74) is -0.165. The van der Waals surface area contributed by atoms with Crippen molar-refractivity contribution in [3.8, 4) is 17.2 Å². The van der Waals surface area contributed by atoms with E-state index in [4.69, 9.17) is 14.2 Å². The van der Waals surface area contributed by atoms with Crippen LogP contribution in [0.3, 0.4) is 0 Å². The van der Waals surface area contributed by atoms with E-state index in [1.165, 1.54) is 0 Å². The van der Waals surface area contributed by atoms with Crippen LogP contribution in [-0.2, 0) is 10.2 Å². The SMILES string of the molecule is COc1c(C2(C(=O)O)CCCCC2)ccc2c1OCO2. The molecule has 1 fully saturated rings. The van der Waals surface area contributed by atoms with E-state index in [-0.39, 0.29) is 6.79 Å². The number of benzene rings is 1. The van der Waals surface area contributed by atoms with Gasteiger partial charge in [0.05, 0.1) is 12.5 Å². The van der Waals surface area contributed by atoms with Gasteiger partial charge in [-0.2, -0.15) is 0 Å². The quantitative estimate of drug-likeness (QED) is 0.921. The number of methoxy groups -OCH3 is 1. The van der Waals surface area contributed by atoms with Crippen LogP contribution in [0.1, 0.15) is 37.7 Å². The molecule has 3 rings (SSSR count). The van der Waals surface area contributed by atoms with Crippen LogP contribution in [0.4, 0.5) is 0 Å². The van der Waals surface area contributed by atoms with E-state index < -0.39 is 11.4 Å². The highest BCUT2D eigenvalue weighted by Gasteiger charge is 2.44. The van der Waals surface area contributed by atoms with E-state index in [1.807, 2.05) is 6.07 Å². The van der Waals surface area contributed by atoms with E-state index in [9.17, 15) is 9.90 Å². The Balaban J connectivity index is 2.14. The van der Waals surface area contributed by atoms with Crippen molar-refractivity contribution in [2.24, 2.45) is 0 Å². The zero-order chi connectivity index (χ0) is 14.2. The molecule has 1 aromatic rings. The molecule has 0 atom stereocenters. The summed E-state index contributed by atoms with van der Waals surface area (Å²) in [6.07, 6.45) is 4.20. The molecule has 0 amide bonds. The first-order valence-corrected chi connectivity index (χ1v) is 6.89. The number of carboxylic acids is 1. The normalized spacial score (nSPS) is 19.6. The molecule has 0 spiro atoms. The second kappa shape index (κ2) is 4.89. The molecule has 5 heteroatoms. The van der Waals surface area contributed by atoms with Gasteiger partial charge in [0.1, 0.15) is 0 Å². The van der Waals surface area contributed by atoms with Gasteiger partial charge in [-0.25, -0.2) is 0 Å². The minimum Gasteiger partial charge on any atom is -0.492 e. The molecule has 1 N–H and O–H groups in total. The van der Waals surface area contributed by atoms with Crippen molar-refractivity contribution >= 4 is 5.97 Å². The number of carbonyl (C=O) groups is 1.